The highest BCUT2D eigenvalue weighted by Crippen LogP contribution is 2.22. The van der Waals surface area contributed by atoms with Gasteiger partial charge in [0.1, 0.15) is 5.82 Å². The Kier molecular flexibility index (Phi) is 4.05. The van der Waals surface area contributed by atoms with Gasteiger partial charge in [-0.15, -0.1) is 0 Å². The maximum Gasteiger partial charge on any atom is 0.253 e. The molecule has 104 valence electrons. The van der Waals surface area contributed by atoms with E-state index in [0.717, 1.165) is 0 Å². The van der Waals surface area contributed by atoms with Gasteiger partial charge >= 0.3 is 0 Å². The van der Waals surface area contributed by atoms with Gasteiger partial charge in [-0.05, 0) is 30.3 Å². The number of nitrogens with two attached hydrogens (primary N) is 1. The highest BCUT2D eigenvalue weighted by atomic mass is 19.1. The first-order valence-electron chi connectivity index (χ1n) is 6.07. The Morgan fingerprint density at radius 3 is 2.55 bits per heavy atom. The van der Waals surface area contributed by atoms with E-state index in [1.54, 1.807) is 26.2 Å². The summed E-state index contributed by atoms with van der Waals surface area (Å²) in [6, 6.07) is 7.50. The van der Waals surface area contributed by atoms with E-state index in [0.29, 0.717) is 17.0 Å². The third-order valence-electron chi connectivity index (χ3n) is 2.82. The molecule has 0 aliphatic rings. The molecule has 6 heteroatoms. The number of halogens is 1. The van der Waals surface area contributed by atoms with Crippen molar-refractivity contribution >= 4 is 5.91 Å². The fourth-order valence-corrected chi connectivity index (χ4v) is 1.73. The van der Waals surface area contributed by atoms with Crippen molar-refractivity contribution in [3.05, 3.63) is 47.4 Å². The van der Waals surface area contributed by atoms with Crippen LogP contribution in [0.1, 0.15) is 16.1 Å². The maximum absolute atomic E-state index is 13.9. The number of rotatable bonds is 3. The predicted molar refractivity (Wildman–Crippen MR) is 73.3 cm³/mol. The molecular formula is C14H15FN4O. The first-order valence-corrected chi connectivity index (χ1v) is 6.07. The number of amides is 1. The molecule has 0 atom stereocenters. The van der Waals surface area contributed by atoms with Gasteiger partial charge < -0.3 is 10.6 Å². The largest absolute Gasteiger partial charge is 0.345 e. The van der Waals surface area contributed by atoms with Crippen molar-refractivity contribution in [2.24, 2.45) is 5.73 Å². The molecule has 2 aromatic rings. The molecule has 0 saturated carbocycles. The molecule has 0 bridgehead atoms. The van der Waals surface area contributed by atoms with Gasteiger partial charge in [0, 0.05) is 31.8 Å². The van der Waals surface area contributed by atoms with E-state index in [2.05, 4.69) is 10.2 Å². The summed E-state index contributed by atoms with van der Waals surface area (Å²) in [6.45, 7) is 0.273. The average molecular weight is 274 g/mol. The van der Waals surface area contributed by atoms with Gasteiger partial charge in [-0.2, -0.15) is 10.2 Å². The second-order valence-electron chi connectivity index (χ2n) is 4.51. The minimum absolute atomic E-state index is 0.196. The Morgan fingerprint density at radius 1 is 1.25 bits per heavy atom. The molecule has 0 aliphatic heterocycles. The second-order valence-corrected chi connectivity index (χ2v) is 4.51. The number of carbonyl (C=O) groups is 1. The van der Waals surface area contributed by atoms with Gasteiger partial charge in [-0.25, -0.2) is 4.39 Å². The molecule has 0 saturated heterocycles. The summed E-state index contributed by atoms with van der Waals surface area (Å²) in [5.41, 5.74) is 7.07. The highest BCUT2D eigenvalue weighted by Gasteiger charge is 2.13. The third-order valence-corrected chi connectivity index (χ3v) is 2.82. The van der Waals surface area contributed by atoms with Crippen LogP contribution in [0.5, 0.6) is 0 Å². The van der Waals surface area contributed by atoms with Gasteiger partial charge in [0.25, 0.3) is 5.91 Å². The van der Waals surface area contributed by atoms with Gasteiger partial charge in [0.15, 0.2) is 0 Å². The minimum Gasteiger partial charge on any atom is -0.345 e. The normalized spacial score (nSPS) is 10.4. The van der Waals surface area contributed by atoms with Crippen LogP contribution in [0.25, 0.3) is 11.3 Å². The number of hydrogen-bond donors (Lipinski definition) is 1. The Labute approximate surface area is 116 Å². The number of aromatic nitrogens is 2. The molecule has 2 rings (SSSR count). The standard InChI is InChI=1S/C14H15FN4O/c1-19(2)14(20)9-3-5-12(15)11(7-9)13-6-4-10(8-16)17-18-13/h3-7H,8,16H2,1-2H3. The quantitative estimate of drug-likeness (QED) is 0.919. The fraction of sp³-hybridized carbons (Fsp3) is 0.214. The molecule has 20 heavy (non-hydrogen) atoms. The zero-order valence-corrected chi connectivity index (χ0v) is 11.3. The Hall–Kier alpha value is -2.34. The van der Waals surface area contributed by atoms with Crippen LogP contribution in [0.2, 0.25) is 0 Å². The highest BCUT2D eigenvalue weighted by molar-refractivity contribution is 5.95. The first kappa shape index (κ1) is 14.1. The number of hydrogen-bond acceptors (Lipinski definition) is 4. The van der Waals surface area contributed by atoms with Crippen LogP contribution < -0.4 is 5.73 Å². The number of nitrogens with zero attached hydrogens (tertiary/aromatic N) is 3. The average Bonchev–Trinajstić information content (AvgIpc) is 2.47. The summed E-state index contributed by atoms with van der Waals surface area (Å²) in [4.78, 5) is 13.3. The minimum atomic E-state index is -0.449. The molecule has 1 heterocycles. The van der Waals surface area contributed by atoms with Crippen LogP contribution in [0.15, 0.2) is 30.3 Å². The van der Waals surface area contributed by atoms with Crippen molar-refractivity contribution in [3.63, 3.8) is 0 Å². The van der Waals surface area contributed by atoms with Crippen molar-refractivity contribution in [1.29, 1.82) is 0 Å². The van der Waals surface area contributed by atoms with E-state index in [4.69, 9.17) is 5.73 Å². The zero-order chi connectivity index (χ0) is 14.7. The van der Waals surface area contributed by atoms with Crippen LogP contribution in [-0.4, -0.2) is 35.1 Å². The molecule has 0 spiro atoms. The third kappa shape index (κ3) is 2.80. The Balaban J connectivity index is 2.44. The van der Waals surface area contributed by atoms with E-state index in [9.17, 15) is 9.18 Å². The van der Waals surface area contributed by atoms with Gasteiger partial charge in [0.2, 0.25) is 0 Å². The molecule has 0 unspecified atom stereocenters. The molecule has 0 fully saturated rings. The van der Waals surface area contributed by atoms with Crippen molar-refractivity contribution in [3.8, 4) is 11.3 Å². The first-order chi connectivity index (χ1) is 9.52. The summed E-state index contributed by atoms with van der Waals surface area (Å²) in [5.74, 6) is -0.645. The van der Waals surface area contributed by atoms with Gasteiger partial charge in [-0.3, -0.25) is 4.79 Å². The van der Waals surface area contributed by atoms with Crippen LogP contribution in [0.4, 0.5) is 4.39 Å². The second kappa shape index (κ2) is 5.75. The molecule has 5 nitrogen and oxygen atoms in total. The summed E-state index contributed by atoms with van der Waals surface area (Å²) in [7, 11) is 3.28. The zero-order valence-electron chi connectivity index (χ0n) is 11.3. The van der Waals surface area contributed by atoms with Crippen LogP contribution in [0.3, 0.4) is 0 Å². The van der Waals surface area contributed by atoms with Gasteiger partial charge in [0.05, 0.1) is 11.4 Å². The molecular weight excluding hydrogens is 259 g/mol. The van der Waals surface area contributed by atoms with Crippen LogP contribution >= 0.6 is 0 Å². The van der Waals surface area contributed by atoms with E-state index in [-0.39, 0.29) is 18.0 Å². The Morgan fingerprint density at radius 2 is 2.00 bits per heavy atom. The summed E-state index contributed by atoms with van der Waals surface area (Å²) < 4.78 is 13.9. The lowest BCUT2D eigenvalue weighted by Gasteiger charge is -2.11. The van der Waals surface area contributed by atoms with Gasteiger partial charge in [-0.1, -0.05) is 0 Å². The smallest absolute Gasteiger partial charge is 0.253 e. The SMILES string of the molecule is CN(C)C(=O)c1ccc(F)c(-c2ccc(CN)nn2)c1. The van der Waals surface area contributed by atoms with E-state index < -0.39 is 5.82 Å². The topological polar surface area (TPSA) is 72.1 Å². The number of carbonyl (C=O) groups excluding carboxylic acids is 1. The summed E-state index contributed by atoms with van der Waals surface area (Å²) >= 11 is 0. The molecule has 2 N–H and O–H groups in total. The molecule has 0 aliphatic carbocycles. The summed E-state index contributed by atoms with van der Waals surface area (Å²) in [5, 5.41) is 7.82. The monoisotopic (exact) mass is 274 g/mol. The molecule has 1 amide bonds. The lowest BCUT2D eigenvalue weighted by Crippen LogP contribution is -2.21. The van der Waals surface area contributed by atoms with Crippen molar-refractivity contribution in [2.75, 3.05) is 14.1 Å². The number of benzene rings is 1. The van der Waals surface area contributed by atoms with Crippen molar-refractivity contribution in [2.45, 2.75) is 6.54 Å². The lowest BCUT2D eigenvalue weighted by atomic mass is 10.1. The molecule has 1 aromatic carbocycles. The summed E-state index contributed by atoms with van der Waals surface area (Å²) in [6.07, 6.45) is 0. The molecule has 0 radical (unpaired) electrons. The van der Waals surface area contributed by atoms with Crippen molar-refractivity contribution < 1.29 is 9.18 Å². The fourth-order valence-electron chi connectivity index (χ4n) is 1.73. The van der Waals surface area contributed by atoms with E-state index in [1.165, 1.54) is 23.1 Å². The Bertz CT molecular complexity index is 626. The van der Waals surface area contributed by atoms with E-state index in [1.807, 2.05) is 0 Å². The van der Waals surface area contributed by atoms with Crippen LogP contribution in [0, 0.1) is 5.82 Å². The molecule has 1 aromatic heterocycles. The van der Waals surface area contributed by atoms with Crippen LogP contribution in [-0.2, 0) is 6.54 Å². The van der Waals surface area contributed by atoms with E-state index >= 15 is 0 Å². The maximum atomic E-state index is 13.9. The predicted octanol–water partition coefficient (Wildman–Crippen LogP) is 1.44. The van der Waals surface area contributed by atoms with Crippen molar-refractivity contribution in [1.82, 2.24) is 15.1 Å². The lowest BCUT2D eigenvalue weighted by molar-refractivity contribution is 0.0827.